The van der Waals surface area contributed by atoms with Gasteiger partial charge in [-0.1, -0.05) is 6.07 Å². The molecular formula is C20H25FN3O4S+. The molecule has 9 heteroatoms. The van der Waals surface area contributed by atoms with Crippen LogP contribution in [-0.4, -0.2) is 44.5 Å². The van der Waals surface area contributed by atoms with Crippen molar-refractivity contribution in [1.29, 1.82) is 0 Å². The number of hydrogen-bond acceptors (Lipinski definition) is 5. The van der Waals surface area contributed by atoms with Crippen LogP contribution in [0.15, 0.2) is 24.3 Å². The summed E-state index contributed by atoms with van der Waals surface area (Å²) >= 11 is 1.31. The number of amides is 2. The minimum atomic E-state index is -0.472. The molecule has 2 rings (SSSR count). The number of likely N-dealkylation sites (N-methyl/N-ethyl adjacent to an activating group) is 1. The molecule has 0 fully saturated rings. The Morgan fingerprint density at radius 2 is 1.79 bits per heavy atom. The van der Waals surface area contributed by atoms with Crippen molar-refractivity contribution in [2.75, 3.05) is 37.4 Å². The highest BCUT2D eigenvalue weighted by Gasteiger charge is 2.23. The Bertz CT molecular complexity index is 913. The van der Waals surface area contributed by atoms with Gasteiger partial charge in [-0.25, -0.2) is 9.18 Å². The SMILES string of the molecule is CCOC(=O)c1c(NC(=O)C[NH+](C)CC(=O)Nc2cccc(F)c2)sc(C)c1C. The summed E-state index contributed by atoms with van der Waals surface area (Å²) in [4.78, 5) is 38.2. The van der Waals surface area contributed by atoms with Gasteiger partial charge in [0.05, 0.1) is 19.2 Å². The van der Waals surface area contributed by atoms with Gasteiger partial charge < -0.3 is 20.3 Å². The van der Waals surface area contributed by atoms with Crippen molar-refractivity contribution < 1.29 is 28.4 Å². The van der Waals surface area contributed by atoms with Crippen molar-refractivity contribution in [3.8, 4) is 0 Å². The van der Waals surface area contributed by atoms with Crippen LogP contribution in [0.1, 0.15) is 27.7 Å². The van der Waals surface area contributed by atoms with E-state index in [0.717, 1.165) is 10.4 Å². The fraction of sp³-hybridized carbons (Fsp3) is 0.350. The summed E-state index contributed by atoms with van der Waals surface area (Å²) in [5.74, 6) is -1.58. The van der Waals surface area contributed by atoms with E-state index in [1.165, 1.54) is 29.5 Å². The summed E-state index contributed by atoms with van der Waals surface area (Å²) in [6, 6.07) is 5.59. The fourth-order valence-electron chi connectivity index (χ4n) is 2.72. The first-order valence-corrected chi connectivity index (χ1v) is 9.96. The van der Waals surface area contributed by atoms with E-state index in [2.05, 4.69) is 10.6 Å². The monoisotopic (exact) mass is 422 g/mol. The molecule has 0 aliphatic rings. The van der Waals surface area contributed by atoms with E-state index in [-0.39, 0.29) is 31.5 Å². The molecule has 3 N–H and O–H groups in total. The minimum Gasteiger partial charge on any atom is -0.462 e. The maximum absolute atomic E-state index is 13.2. The molecule has 2 aromatic rings. The number of rotatable bonds is 8. The van der Waals surface area contributed by atoms with E-state index in [9.17, 15) is 18.8 Å². The summed E-state index contributed by atoms with van der Waals surface area (Å²) in [5, 5.41) is 5.79. The van der Waals surface area contributed by atoms with E-state index in [4.69, 9.17) is 4.74 Å². The zero-order valence-electron chi connectivity index (χ0n) is 16.8. The zero-order chi connectivity index (χ0) is 21.6. The van der Waals surface area contributed by atoms with Gasteiger partial charge in [0.2, 0.25) is 0 Å². The third-order valence-corrected chi connectivity index (χ3v) is 5.27. The normalized spacial score (nSPS) is 11.6. The molecule has 0 aliphatic heterocycles. The van der Waals surface area contributed by atoms with Gasteiger partial charge in [-0.05, 0) is 44.5 Å². The zero-order valence-corrected chi connectivity index (χ0v) is 17.7. The van der Waals surface area contributed by atoms with Crippen LogP contribution in [0.5, 0.6) is 0 Å². The predicted octanol–water partition coefficient (Wildman–Crippen LogP) is 1.77. The quantitative estimate of drug-likeness (QED) is 0.566. The van der Waals surface area contributed by atoms with Crippen LogP contribution in [0.25, 0.3) is 0 Å². The Morgan fingerprint density at radius 3 is 2.41 bits per heavy atom. The molecule has 1 aromatic carbocycles. The lowest BCUT2D eigenvalue weighted by Gasteiger charge is -2.14. The highest BCUT2D eigenvalue weighted by Crippen LogP contribution is 2.32. The van der Waals surface area contributed by atoms with Gasteiger partial charge >= 0.3 is 5.97 Å². The molecule has 0 saturated heterocycles. The number of quaternary nitrogens is 1. The highest BCUT2D eigenvalue weighted by atomic mass is 32.1. The van der Waals surface area contributed by atoms with Crippen LogP contribution in [0.3, 0.4) is 0 Å². The molecule has 0 saturated carbocycles. The van der Waals surface area contributed by atoms with Gasteiger partial charge in [0.1, 0.15) is 10.8 Å². The van der Waals surface area contributed by atoms with Crippen molar-refractivity contribution in [1.82, 2.24) is 0 Å². The second kappa shape index (κ2) is 10.1. The molecule has 1 heterocycles. The maximum Gasteiger partial charge on any atom is 0.341 e. The van der Waals surface area contributed by atoms with Crippen molar-refractivity contribution in [2.24, 2.45) is 0 Å². The number of benzene rings is 1. The first-order valence-electron chi connectivity index (χ1n) is 9.15. The van der Waals surface area contributed by atoms with Crippen LogP contribution in [0, 0.1) is 19.7 Å². The first kappa shape index (κ1) is 22.5. The van der Waals surface area contributed by atoms with Gasteiger partial charge in [0, 0.05) is 10.6 Å². The van der Waals surface area contributed by atoms with Gasteiger partial charge in [-0.3, -0.25) is 9.59 Å². The van der Waals surface area contributed by atoms with Crippen molar-refractivity contribution in [3.63, 3.8) is 0 Å². The van der Waals surface area contributed by atoms with Gasteiger partial charge in [0.15, 0.2) is 13.1 Å². The minimum absolute atomic E-state index is 0.0227. The van der Waals surface area contributed by atoms with Crippen LogP contribution < -0.4 is 15.5 Å². The van der Waals surface area contributed by atoms with Gasteiger partial charge in [-0.2, -0.15) is 0 Å². The number of halogens is 1. The Morgan fingerprint density at radius 1 is 1.14 bits per heavy atom. The van der Waals surface area contributed by atoms with E-state index in [1.54, 1.807) is 20.0 Å². The molecule has 0 radical (unpaired) electrons. The van der Waals surface area contributed by atoms with Crippen LogP contribution in [-0.2, 0) is 14.3 Å². The maximum atomic E-state index is 13.2. The molecule has 29 heavy (non-hydrogen) atoms. The number of nitrogens with one attached hydrogen (secondary N) is 3. The molecule has 1 unspecified atom stereocenters. The summed E-state index contributed by atoms with van der Waals surface area (Å²) < 4.78 is 18.3. The van der Waals surface area contributed by atoms with Crippen LogP contribution in [0.2, 0.25) is 0 Å². The molecule has 0 bridgehead atoms. The summed E-state index contributed by atoms with van der Waals surface area (Å²) in [5.41, 5.74) is 1.50. The average molecular weight is 423 g/mol. The van der Waals surface area contributed by atoms with Crippen LogP contribution in [0.4, 0.5) is 15.1 Å². The Labute approximate surface area is 172 Å². The molecule has 7 nitrogen and oxygen atoms in total. The smallest absolute Gasteiger partial charge is 0.341 e. The molecule has 1 aromatic heterocycles. The number of aryl methyl sites for hydroxylation is 1. The van der Waals surface area contributed by atoms with E-state index < -0.39 is 11.8 Å². The summed E-state index contributed by atoms with van der Waals surface area (Å²) in [6.07, 6.45) is 0. The Hall–Kier alpha value is -2.78. The van der Waals surface area contributed by atoms with Crippen LogP contribution >= 0.6 is 11.3 Å². The summed E-state index contributed by atoms with van der Waals surface area (Å²) in [6.45, 7) is 5.69. The standard InChI is InChI=1S/C20H24FN3O4S/c1-5-28-20(27)18-12(2)13(3)29-19(18)23-17(26)11-24(4)10-16(25)22-15-8-6-7-14(21)9-15/h6-9H,5,10-11H2,1-4H3,(H,22,25)(H,23,26)/p+1. The molecule has 2 amide bonds. The molecule has 0 aliphatic carbocycles. The summed E-state index contributed by atoms with van der Waals surface area (Å²) in [7, 11) is 1.70. The third-order valence-electron chi connectivity index (χ3n) is 4.15. The molecule has 156 valence electrons. The van der Waals surface area contributed by atoms with Crippen molar-refractivity contribution in [3.05, 3.63) is 46.1 Å². The lowest BCUT2D eigenvalue weighted by Crippen LogP contribution is -3.11. The lowest BCUT2D eigenvalue weighted by molar-refractivity contribution is -0.862. The fourth-order valence-corrected chi connectivity index (χ4v) is 3.78. The largest absolute Gasteiger partial charge is 0.462 e. The van der Waals surface area contributed by atoms with Crippen molar-refractivity contribution in [2.45, 2.75) is 20.8 Å². The second-order valence-electron chi connectivity index (χ2n) is 6.63. The number of carbonyl (C=O) groups excluding carboxylic acids is 3. The van der Waals surface area contributed by atoms with Crippen molar-refractivity contribution >= 4 is 39.8 Å². The van der Waals surface area contributed by atoms with E-state index in [1.807, 2.05) is 13.8 Å². The Kier molecular flexibility index (Phi) is 7.86. The predicted molar refractivity (Wildman–Crippen MR) is 110 cm³/mol. The molecular weight excluding hydrogens is 397 g/mol. The second-order valence-corrected chi connectivity index (χ2v) is 7.85. The number of thiophene rings is 1. The number of esters is 1. The Balaban J connectivity index is 1.94. The lowest BCUT2D eigenvalue weighted by atomic mass is 10.1. The van der Waals surface area contributed by atoms with E-state index >= 15 is 0 Å². The number of hydrogen-bond donors (Lipinski definition) is 3. The number of ether oxygens (including phenoxy) is 1. The van der Waals surface area contributed by atoms with Gasteiger partial charge in [-0.15, -0.1) is 11.3 Å². The van der Waals surface area contributed by atoms with E-state index in [0.29, 0.717) is 21.2 Å². The molecule has 0 spiro atoms. The van der Waals surface area contributed by atoms with Gasteiger partial charge in [0.25, 0.3) is 11.8 Å². The third kappa shape index (κ3) is 6.37. The molecule has 1 atom stereocenters. The number of carbonyl (C=O) groups is 3. The topological polar surface area (TPSA) is 88.9 Å². The highest BCUT2D eigenvalue weighted by molar-refractivity contribution is 7.16. The number of anilines is 2. The first-order chi connectivity index (χ1) is 13.7. The average Bonchev–Trinajstić information content (AvgIpc) is 2.88.